The molecule has 1 aromatic heterocycles. The van der Waals surface area contributed by atoms with Crippen LogP contribution >= 0.6 is 0 Å². The molecule has 2 heteroatoms. The van der Waals surface area contributed by atoms with Gasteiger partial charge in [0.2, 0.25) is 0 Å². The summed E-state index contributed by atoms with van der Waals surface area (Å²) in [6.45, 7) is 2.50. The lowest BCUT2D eigenvalue weighted by Crippen LogP contribution is -1.98. The molecule has 0 saturated heterocycles. The number of hydrogen-bond acceptors (Lipinski definition) is 2. The molecule has 0 radical (unpaired) electrons. The van der Waals surface area contributed by atoms with Gasteiger partial charge in [-0.1, -0.05) is 24.3 Å². The van der Waals surface area contributed by atoms with E-state index in [1.165, 1.54) is 0 Å². The van der Waals surface area contributed by atoms with Crippen molar-refractivity contribution in [2.24, 2.45) is 0 Å². The molecule has 0 unspecified atom stereocenters. The first-order valence-electron chi connectivity index (χ1n) is 4.95. The third-order valence-electron chi connectivity index (χ3n) is 2.08. The molecule has 0 aliphatic heterocycles. The van der Waals surface area contributed by atoms with E-state index >= 15 is 0 Å². The molecule has 0 amide bonds. The quantitative estimate of drug-likeness (QED) is 0.758. The Morgan fingerprint density at radius 1 is 1.00 bits per heavy atom. The van der Waals surface area contributed by atoms with Gasteiger partial charge in [-0.25, -0.2) is 0 Å². The third-order valence-corrected chi connectivity index (χ3v) is 2.08. The Kier molecular flexibility index (Phi) is 2.98. The second-order valence-electron chi connectivity index (χ2n) is 3.37. The Balaban J connectivity index is 1.99. The zero-order valence-corrected chi connectivity index (χ0v) is 8.68. The average Bonchev–Trinajstić information content (AvgIpc) is 2.28. The van der Waals surface area contributed by atoms with Crippen LogP contribution in [0.5, 0.6) is 5.75 Å². The lowest BCUT2D eigenvalue weighted by Gasteiger charge is -2.05. The monoisotopic (exact) mass is 199 g/mol. The van der Waals surface area contributed by atoms with E-state index < -0.39 is 0 Å². The van der Waals surface area contributed by atoms with Crippen molar-refractivity contribution in [2.45, 2.75) is 13.5 Å². The fourth-order valence-corrected chi connectivity index (χ4v) is 1.35. The predicted molar refractivity (Wildman–Crippen MR) is 59.7 cm³/mol. The Labute approximate surface area is 89.6 Å². The van der Waals surface area contributed by atoms with Crippen LogP contribution in [-0.4, -0.2) is 4.98 Å². The van der Waals surface area contributed by atoms with E-state index in [4.69, 9.17) is 4.74 Å². The molecule has 0 saturated carbocycles. The Bertz CT molecular complexity index is 426. The summed E-state index contributed by atoms with van der Waals surface area (Å²) in [5.74, 6) is 0.876. The number of para-hydroxylation sites is 1. The minimum Gasteiger partial charge on any atom is -0.487 e. The highest BCUT2D eigenvalue weighted by atomic mass is 16.5. The molecule has 0 fully saturated rings. The van der Waals surface area contributed by atoms with Crippen LogP contribution in [0.25, 0.3) is 0 Å². The molecule has 2 rings (SSSR count). The SMILES string of the molecule is Cc1cccc(COc2ccccc2)n1. The minimum absolute atomic E-state index is 0.520. The molecule has 0 spiro atoms. The van der Waals surface area contributed by atoms with E-state index in [0.29, 0.717) is 6.61 Å². The third kappa shape index (κ3) is 2.81. The maximum atomic E-state index is 5.58. The second kappa shape index (κ2) is 4.60. The molecule has 0 N–H and O–H groups in total. The molecule has 76 valence electrons. The largest absolute Gasteiger partial charge is 0.487 e. The average molecular weight is 199 g/mol. The van der Waals surface area contributed by atoms with Crippen molar-refractivity contribution in [2.75, 3.05) is 0 Å². The molecule has 2 aromatic rings. The molecule has 2 nitrogen and oxygen atoms in total. The number of aromatic nitrogens is 1. The van der Waals surface area contributed by atoms with E-state index in [2.05, 4.69) is 4.98 Å². The van der Waals surface area contributed by atoms with Gasteiger partial charge in [0.15, 0.2) is 0 Å². The van der Waals surface area contributed by atoms with E-state index in [0.717, 1.165) is 17.1 Å². The predicted octanol–water partition coefficient (Wildman–Crippen LogP) is 2.97. The summed E-state index contributed by atoms with van der Waals surface area (Å²) in [6, 6.07) is 15.7. The van der Waals surface area contributed by atoms with E-state index in [1.807, 2.05) is 55.5 Å². The smallest absolute Gasteiger partial charge is 0.130 e. The van der Waals surface area contributed by atoms with E-state index in [-0.39, 0.29) is 0 Å². The molecular weight excluding hydrogens is 186 g/mol. The van der Waals surface area contributed by atoms with Gasteiger partial charge in [0.05, 0.1) is 5.69 Å². The lowest BCUT2D eigenvalue weighted by atomic mass is 10.3. The van der Waals surface area contributed by atoms with Gasteiger partial charge in [0, 0.05) is 5.69 Å². The highest BCUT2D eigenvalue weighted by Crippen LogP contribution is 2.10. The standard InChI is InChI=1S/C13H13NO/c1-11-6-5-7-12(14-11)10-15-13-8-3-2-4-9-13/h2-9H,10H2,1H3. The number of nitrogens with zero attached hydrogens (tertiary/aromatic N) is 1. The van der Waals surface area contributed by atoms with Gasteiger partial charge in [-0.15, -0.1) is 0 Å². The van der Waals surface area contributed by atoms with Crippen LogP contribution in [0.3, 0.4) is 0 Å². The summed E-state index contributed by atoms with van der Waals surface area (Å²) in [5.41, 5.74) is 1.98. The zero-order valence-electron chi connectivity index (χ0n) is 8.68. The van der Waals surface area contributed by atoms with Crippen LogP contribution < -0.4 is 4.74 Å². The maximum Gasteiger partial charge on any atom is 0.130 e. The van der Waals surface area contributed by atoms with Crippen molar-refractivity contribution in [3.05, 3.63) is 59.9 Å². The van der Waals surface area contributed by atoms with Crippen LogP contribution in [0.15, 0.2) is 48.5 Å². The van der Waals surface area contributed by atoms with Gasteiger partial charge >= 0.3 is 0 Å². The fraction of sp³-hybridized carbons (Fsp3) is 0.154. The van der Waals surface area contributed by atoms with Crippen LogP contribution in [0.2, 0.25) is 0 Å². The number of aryl methyl sites for hydroxylation is 1. The summed E-state index contributed by atoms with van der Waals surface area (Å²) >= 11 is 0. The molecule has 0 aliphatic rings. The number of ether oxygens (including phenoxy) is 1. The highest BCUT2D eigenvalue weighted by molar-refractivity contribution is 5.21. The fourth-order valence-electron chi connectivity index (χ4n) is 1.35. The van der Waals surface area contributed by atoms with Crippen molar-refractivity contribution in [1.29, 1.82) is 0 Å². The first-order chi connectivity index (χ1) is 7.34. The van der Waals surface area contributed by atoms with Gasteiger partial charge in [-0.05, 0) is 31.2 Å². The van der Waals surface area contributed by atoms with Crippen molar-refractivity contribution < 1.29 is 4.74 Å². The topological polar surface area (TPSA) is 22.1 Å². The number of pyridine rings is 1. The normalized spacial score (nSPS) is 9.93. The van der Waals surface area contributed by atoms with Crippen molar-refractivity contribution in [3.63, 3.8) is 0 Å². The van der Waals surface area contributed by atoms with Crippen LogP contribution in [0, 0.1) is 6.92 Å². The first-order valence-corrected chi connectivity index (χ1v) is 4.95. The van der Waals surface area contributed by atoms with Crippen LogP contribution in [0.4, 0.5) is 0 Å². The van der Waals surface area contributed by atoms with Crippen molar-refractivity contribution in [1.82, 2.24) is 4.98 Å². The van der Waals surface area contributed by atoms with Crippen LogP contribution in [-0.2, 0) is 6.61 Å². The highest BCUT2D eigenvalue weighted by Gasteiger charge is 1.96. The molecule has 15 heavy (non-hydrogen) atoms. The van der Waals surface area contributed by atoms with Gasteiger partial charge in [0.25, 0.3) is 0 Å². The Hall–Kier alpha value is -1.83. The second-order valence-corrected chi connectivity index (χ2v) is 3.37. The van der Waals surface area contributed by atoms with Gasteiger partial charge in [0.1, 0.15) is 12.4 Å². The van der Waals surface area contributed by atoms with Gasteiger partial charge in [-0.2, -0.15) is 0 Å². The van der Waals surface area contributed by atoms with Crippen molar-refractivity contribution >= 4 is 0 Å². The van der Waals surface area contributed by atoms with E-state index in [9.17, 15) is 0 Å². The number of benzene rings is 1. The first kappa shape index (κ1) is 9.71. The molecule has 0 bridgehead atoms. The minimum atomic E-state index is 0.520. The summed E-state index contributed by atoms with van der Waals surface area (Å²) in [7, 11) is 0. The van der Waals surface area contributed by atoms with Gasteiger partial charge in [-0.3, -0.25) is 4.98 Å². The Morgan fingerprint density at radius 2 is 1.80 bits per heavy atom. The molecule has 0 atom stereocenters. The summed E-state index contributed by atoms with van der Waals surface area (Å²) < 4.78 is 5.58. The zero-order chi connectivity index (χ0) is 10.5. The van der Waals surface area contributed by atoms with Gasteiger partial charge < -0.3 is 4.74 Å². The summed E-state index contributed by atoms with van der Waals surface area (Å²) in [6.07, 6.45) is 0. The summed E-state index contributed by atoms with van der Waals surface area (Å²) in [5, 5.41) is 0. The molecular formula is C13H13NO. The van der Waals surface area contributed by atoms with E-state index in [1.54, 1.807) is 0 Å². The van der Waals surface area contributed by atoms with Crippen LogP contribution in [0.1, 0.15) is 11.4 Å². The molecule has 1 aromatic carbocycles. The maximum absolute atomic E-state index is 5.58. The molecule has 1 heterocycles. The lowest BCUT2D eigenvalue weighted by molar-refractivity contribution is 0.301. The number of rotatable bonds is 3. The Morgan fingerprint density at radius 3 is 2.53 bits per heavy atom. The molecule has 0 aliphatic carbocycles. The summed E-state index contributed by atoms with van der Waals surface area (Å²) in [4.78, 5) is 4.36. The van der Waals surface area contributed by atoms with Crippen molar-refractivity contribution in [3.8, 4) is 5.75 Å². The number of hydrogen-bond donors (Lipinski definition) is 0.